The minimum Gasteiger partial charge on any atom is -0.370 e. The van der Waals surface area contributed by atoms with Crippen LogP contribution in [0.5, 0.6) is 0 Å². The summed E-state index contributed by atoms with van der Waals surface area (Å²) >= 11 is 0. The Balaban J connectivity index is 2.92. The highest BCUT2D eigenvalue weighted by molar-refractivity contribution is 5.49. The lowest BCUT2D eigenvalue weighted by molar-refractivity contribution is 0.424. The van der Waals surface area contributed by atoms with E-state index < -0.39 is 0 Å². The first-order valence-corrected chi connectivity index (χ1v) is 7.15. The van der Waals surface area contributed by atoms with Gasteiger partial charge in [-0.3, -0.25) is 0 Å². The van der Waals surface area contributed by atoms with Crippen molar-refractivity contribution in [2.24, 2.45) is 5.92 Å². The SMILES string of the molecule is Cc1cc(C)c(CNC(C)(C)C)c(NCC(C)C)n1. The van der Waals surface area contributed by atoms with Crippen molar-refractivity contribution >= 4 is 5.82 Å². The predicted octanol–water partition coefficient (Wildman–Crippen LogP) is 3.65. The van der Waals surface area contributed by atoms with Crippen LogP contribution in [-0.4, -0.2) is 17.1 Å². The van der Waals surface area contributed by atoms with Crippen molar-refractivity contribution in [1.29, 1.82) is 0 Å². The van der Waals surface area contributed by atoms with Crippen LogP contribution in [0.4, 0.5) is 5.82 Å². The van der Waals surface area contributed by atoms with Crippen molar-refractivity contribution in [1.82, 2.24) is 10.3 Å². The Morgan fingerprint density at radius 3 is 2.37 bits per heavy atom. The van der Waals surface area contributed by atoms with E-state index in [2.05, 4.69) is 70.2 Å². The molecule has 108 valence electrons. The summed E-state index contributed by atoms with van der Waals surface area (Å²) < 4.78 is 0. The van der Waals surface area contributed by atoms with Crippen molar-refractivity contribution in [3.8, 4) is 0 Å². The number of rotatable bonds is 5. The molecule has 1 aromatic heterocycles. The fourth-order valence-corrected chi connectivity index (χ4v) is 1.89. The maximum absolute atomic E-state index is 4.66. The van der Waals surface area contributed by atoms with Gasteiger partial charge in [0.05, 0.1) is 0 Å². The zero-order valence-corrected chi connectivity index (χ0v) is 13.5. The first-order chi connectivity index (χ1) is 8.69. The van der Waals surface area contributed by atoms with Crippen molar-refractivity contribution in [2.45, 2.75) is 60.5 Å². The lowest BCUT2D eigenvalue weighted by Gasteiger charge is -2.23. The second-order valence-corrected chi connectivity index (χ2v) is 6.79. The summed E-state index contributed by atoms with van der Waals surface area (Å²) in [5.41, 5.74) is 3.77. The highest BCUT2D eigenvalue weighted by Gasteiger charge is 2.13. The second-order valence-electron chi connectivity index (χ2n) is 6.79. The van der Waals surface area contributed by atoms with Gasteiger partial charge in [-0.25, -0.2) is 4.98 Å². The van der Waals surface area contributed by atoms with Crippen LogP contribution in [0.25, 0.3) is 0 Å². The van der Waals surface area contributed by atoms with E-state index in [4.69, 9.17) is 0 Å². The summed E-state index contributed by atoms with van der Waals surface area (Å²) in [6.45, 7) is 17.0. The summed E-state index contributed by atoms with van der Waals surface area (Å²) in [6, 6.07) is 2.15. The highest BCUT2D eigenvalue weighted by Crippen LogP contribution is 2.20. The largest absolute Gasteiger partial charge is 0.370 e. The molecule has 0 amide bonds. The van der Waals surface area contributed by atoms with Gasteiger partial charge in [-0.1, -0.05) is 13.8 Å². The number of hydrogen-bond donors (Lipinski definition) is 2. The van der Waals surface area contributed by atoms with Gasteiger partial charge in [0.1, 0.15) is 5.82 Å². The molecule has 0 unspecified atom stereocenters. The summed E-state index contributed by atoms with van der Waals surface area (Å²) in [5, 5.41) is 7.03. The van der Waals surface area contributed by atoms with Crippen LogP contribution >= 0.6 is 0 Å². The average Bonchev–Trinajstić information content (AvgIpc) is 2.23. The molecule has 0 saturated heterocycles. The monoisotopic (exact) mass is 263 g/mol. The van der Waals surface area contributed by atoms with E-state index in [1.807, 2.05) is 0 Å². The number of aryl methyl sites for hydroxylation is 2. The van der Waals surface area contributed by atoms with E-state index in [0.29, 0.717) is 5.92 Å². The van der Waals surface area contributed by atoms with E-state index in [9.17, 15) is 0 Å². The Labute approximate surface area is 118 Å². The predicted molar refractivity (Wildman–Crippen MR) is 83.6 cm³/mol. The van der Waals surface area contributed by atoms with Crippen LogP contribution in [0.3, 0.4) is 0 Å². The van der Waals surface area contributed by atoms with Crippen LogP contribution in [0.2, 0.25) is 0 Å². The Morgan fingerprint density at radius 1 is 1.21 bits per heavy atom. The number of nitrogens with one attached hydrogen (secondary N) is 2. The molecule has 0 spiro atoms. The molecule has 19 heavy (non-hydrogen) atoms. The molecule has 0 radical (unpaired) electrons. The standard InChI is InChI=1S/C16H29N3/c1-11(2)9-17-15-14(10-18-16(5,6)7)12(3)8-13(4)19-15/h8,11,18H,9-10H2,1-7H3,(H,17,19). The van der Waals surface area contributed by atoms with E-state index in [0.717, 1.165) is 24.6 Å². The lowest BCUT2D eigenvalue weighted by Crippen LogP contribution is -2.35. The Hall–Kier alpha value is -1.09. The number of anilines is 1. The van der Waals surface area contributed by atoms with E-state index in [1.165, 1.54) is 11.1 Å². The molecule has 1 aromatic rings. The normalized spacial score (nSPS) is 12.0. The van der Waals surface area contributed by atoms with Gasteiger partial charge in [0.15, 0.2) is 0 Å². The highest BCUT2D eigenvalue weighted by atomic mass is 15.0. The Morgan fingerprint density at radius 2 is 1.84 bits per heavy atom. The van der Waals surface area contributed by atoms with Gasteiger partial charge in [-0.2, -0.15) is 0 Å². The summed E-state index contributed by atoms with van der Waals surface area (Å²) in [4.78, 5) is 4.66. The third-order valence-corrected chi connectivity index (χ3v) is 2.95. The van der Waals surface area contributed by atoms with Gasteiger partial charge in [-0.15, -0.1) is 0 Å². The molecule has 0 atom stereocenters. The number of nitrogens with zero attached hydrogens (tertiary/aromatic N) is 1. The Kier molecular flexibility index (Phi) is 5.36. The van der Waals surface area contributed by atoms with Crippen molar-refractivity contribution in [2.75, 3.05) is 11.9 Å². The molecule has 0 saturated carbocycles. The summed E-state index contributed by atoms with van der Waals surface area (Å²) in [6.07, 6.45) is 0. The molecule has 3 heteroatoms. The third-order valence-electron chi connectivity index (χ3n) is 2.95. The van der Waals surface area contributed by atoms with Crippen LogP contribution in [0, 0.1) is 19.8 Å². The van der Waals surface area contributed by atoms with E-state index in [1.54, 1.807) is 0 Å². The van der Waals surface area contributed by atoms with Crippen molar-refractivity contribution in [3.63, 3.8) is 0 Å². The van der Waals surface area contributed by atoms with Gasteiger partial charge < -0.3 is 10.6 Å². The molecule has 3 nitrogen and oxygen atoms in total. The van der Waals surface area contributed by atoms with E-state index >= 15 is 0 Å². The number of aromatic nitrogens is 1. The van der Waals surface area contributed by atoms with Gasteiger partial charge in [0.2, 0.25) is 0 Å². The first kappa shape index (κ1) is 16.0. The molecular weight excluding hydrogens is 234 g/mol. The summed E-state index contributed by atoms with van der Waals surface area (Å²) in [5.74, 6) is 1.65. The van der Waals surface area contributed by atoms with Crippen LogP contribution in [-0.2, 0) is 6.54 Å². The van der Waals surface area contributed by atoms with Gasteiger partial charge in [0.25, 0.3) is 0 Å². The van der Waals surface area contributed by atoms with Gasteiger partial charge in [-0.05, 0) is 52.2 Å². The number of hydrogen-bond acceptors (Lipinski definition) is 3. The van der Waals surface area contributed by atoms with Crippen LogP contribution < -0.4 is 10.6 Å². The van der Waals surface area contributed by atoms with Gasteiger partial charge >= 0.3 is 0 Å². The zero-order valence-electron chi connectivity index (χ0n) is 13.5. The molecule has 0 aromatic carbocycles. The van der Waals surface area contributed by atoms with Crippen molar-refractivity contribution in [3.05, 3.63) is 22.9 Å². The quantitative estimate of drug-likeness (QED) is 0.851. The second kappa shape index (κ2) is 6.38. The Bertz CT molecular complexity index is 417. The molecule has 2 N–H and O–H groups in total. The molecule has 0 bridgehead atoms. The van der Waals surface area contributed by atoms with Gasteiger partial charge in [0, 0.05) is 29.9 Å². The molecule has 0 aliphatic heterocycles. The third kappa shape index (κ3) is 5.60. The number of pyridine rings is 1. The van der Waals surface area contributed by atoms with E-state index in [-0.39, 0.29) is 5.54 Å². The maximum atomic E-state index is 4.66. The molecule has 0 aliphatic rings. The fourth-order valence-electron chi connectivity index (χ4n) is 1.89. The molecule has 0 fully saturated rings. The minimum absolute atomic E-state index is 0.118. The fraction of sp³-hybridized carbons (Fsp3) is 0.688. The lowest BCUT2D eigenvalue weighted by atomic mass is 10.1. The minimum atomic E-state index is 0.118. The first-order valence-electron chi connectivity index (χ1n) is 7.15. The smallest absolute Gasteiger partial charge is 0.131 e. The topological polar surface area (TPSA) is 37.0 Å². The summed E-state index contributed by atoms with van der Waals surface area (Å²) in [7, 11) is 0. The average molecular weight is 263 g/mol. The van der Waals surface area contributed by atoms with Crippen LogP contribution in [0.15, 0.2) is 6.07 Å². The molecular formula is C16H29N3. The maximum Gasteiger partial charge on any atom is 0.131 e. The van der Waals surface area contributed by atoms with Crippen LogP contribution in [0.1, 0.15) is 51.4 Å². The molecule has 0 aliphatic carbocycles. The molecule has 1 heterocycles. The van der Waals surface area contributed by atoms with Crippen molar-refractivity contribution < 1.29 is 0 Å². The molecule has 1 rings (SSSR count). The zero-order chi connectivity index (χ0) is 14.6.